The zero-order valence-electron chi connectivity index (χ0n) is 15.8. The smallest absolute Gasteiger partial charge is 0.193 e. The van der Waals surface area contributed by atoms with Gasteiger partial charge in [0.1, 0.15) is 5.82 Å². The molecular formula is C19H27FIN5O. The Morgan fingerprint density at radius 1 is 1.37 bits per heavy atom. The van der Waals surface area contributed by atoms with Crippen LogP contribution in [-0.4, -0.2) is 61.0 Å². The van der Waals surface area contributed by atoms with Crippen molar-refractivity contribution in [2.75, 3.05) is 40.4 Å². The topological polar surface area (TPSA) is 54.7 Å². The lowest BCUT2D eigenvalue weighted by Crippen LogP contribution is -2.42. The number of nitrogens with zero attached hydrogens (tertiary/aromatic N) is 4. The summed E-state index contributed by atoms with van der Waals surface area (Å²) in [6.07, 6.45) is 3.79. The van der Waals surface area contributed by atoms with Crippen LogP contribution in [0.4, 0.5) is 4.39 Å². The maximum Gasteiger partial charge on any atom is 0.193 e. The highest BCUT2D eigenvalue weighted by Crippen LogP contribution is 2.13. The van der Waals surface area contributed by atoms with E-state index in [9.17, 15) is 4.39 Å². The first-order chi connectivity index (χ1) is 12.7. The second-order valence-corrected chi connectivity index (χ2v) is 6.56. The number of hydrogen-bond acceptors (Lipinski definition) is 3. The normalized spacial score (nSPS) is 16.9. The van der Waals surface area contributed by atoms with Gasteiger partial charge in [-0.2, -0.15) is 5.10 Å². The Morgan fingerprint density at radius 3 is 2.81 bits per heavy atom. The minimum absolute atomic E-state index is 0. The summed E-state index contributed by atoms with van der Waals surface area (Å²) < 4.78 is 20.2. The minimum atomic E-state index is -0.245. The fourth-order valence-electron chi connectivity index (χ4n) is 3.12. The molecule has 3 rings (SSSR count). The molecule has 2 aromatic rings. The molecule has 1 saturated heterocycles. The molecule has 8 heteroatoms. The SMILES string of the molecule is CN=C(NCCc1ccn(-c2ccc(F)cc2)n1)N(C)CC1CCOC1.I. The van der Waals surface area contributed by atoms with Crippen LogP contribution in [0.25, 0.3) is 5.69 Å². The van der Waals surface area contributed by atoms with E-state index in [1.54, 1.807) is 23.9 Å². The molecule has 1 unspecified atom stereocenters. The molecule has 2 heterocycles. The van der Waals surface area contributed by atoms with Crippen molar-refractivity contribution in [3.8, 4) is 5.69 Å². The lowest BCUT2D eigenvalue weighted by atomic mass is 10.1. The van der Waals surface area contributed by atoms with E-state index in [-0.39, 0.29) is 29.8 Å². The first kappa shape index (κ1) is 21.6. The van der Waals surface area contributed by atoms with E-state index in [4.69, 9.17) is 4.74 Å². The maximum absolute atomic E-state index is 13.0. The Balaban J connectivity index is 0.00000261. The molecule has 0 aliphatic carbocycles. The third-order valence-corrected chi connectivity index (χ3v) is 4.53. The predicted octanol–water partition coefficient (Wildman–Crippen LogP) is 2.72. The van der Waals surface area contributed by atoms with Gasteiger partial charge in [-0.15, -0.1) is 24.0 Å². The van der Waals surface area contributed by atoms with Crippen molar-refractivity contribution in [1.82, 2.24) is 20.0 Å². The molecule has 1 aromatic heterocycles. The van der Waals surface area contributed by atoms with Crippen LogP contribution in [0.1, 0.15) is 12.1 Å². The lowest BCUT2D eigenvalue weighted by molar-refractivity contribution is 0.181. The van der Waals surface area contributed by atoms with E-state index in [0.717, 1.165) is 56.5 Å². The largest absolute Gasteiger partial charge is 0.381 e. The molecular weight excluding hydrogens is 460 g/mol. The summed E-state index contributed by atoms with van der Waals surface area (Å²) in [4.78, 5) is 6.50. The van der Waals surface area contributed by atoms with Crippen LogP contribution in [0.15, 0.2) is 41.5 Å². The summed E-state index contributed by atoms with van der Waals surface area (Å²) in [5.74, 6) is 1.21. The van der Waals surface area contributed by atoms with E-state index < -0.39 is 0 Å². The molecule has 0 saturated carbocycles. The first-order valence-electron chi connectivity index (χ1n) is 8.95. The van der Waals surface area contributed by atoms with E-state index in [2.05, 4.69) is 27.4 Å². The van der Waals surface area contributed by atoms with Crippen molar-refractivity contribution in [3.63, 3.8) is 0 Å². The van der Waals surface area contributed by atoms with Crippen molar-refractivity contribution in [1.29, 1.82) is 0 Å². The number of benzene rings is 1. The van der Waals surface area contributed by atoms with Crippen LogP contribution < -0.4 is 5.32 Å². The maximum atomic E-state index is 13.0. The van der Waals surface area contributed by atoms with Crippen LogP contribution >= 0.6 is 24.0 Å². The molecule has 6 nitrogen and oxygen atoms in total. The molecule has 1 aliphatic heterocycles. The van der Waals surface area contributed by atoms with Gasteiger partial charge in [-0.25, -0.2) is 9.07 Å². The second-order valence-electron chi connectivity index (χ2n) is 6.56. The van der Waals surface area contributed by atoms with E-state index >= 15 is 0 Å². The predicted molar refractivity (Wildman–Crippen MR) is 116 cm³/mol. The lowest BCUT2D eigenvalue weighted by Gasteiger charge is -2.24. The average molecular weight is 487 g/mol. The number of ether oxygens (including phenoxy) is 1. The number of hydrogen-bond donors (Lipinski definition) is 1. The minimum Gasteiger partial charge on any atom is -0.381 e. The molecule has 1 N–H and O–H groups in total. The highest BCUT2D eigenvalue weighted by Gasteiger charge is 2.18. The molecule has 1 fully saturated rings. The van der Waals surface area contributed by atoms with Gasteiger partial charge in [-0.1, -0.05) is 0 Å². The number of aromatic nitrogens is 2. The third-order valence-electron chi connectivity index (χ3n) is 4.53. The molecule has 1 aliphatic rings. The molecule has 1 atom stereocenters. The summed E-state index contributed by atoms with van der Waals surface area (Å²) >= 11 is 0. The van der Waals surface area contributed by atoms with Crippen LogP contribution in [0.2, 0.25) is 0 Å². The van der Waals surface area contributed by atoms with Gasteiger partial charge in [0, 0.05) is 52.3 Å². The molecule has 0 radical (unpaired) electrons. The number of guanidine groups is 1. The van der Waals surface area contributed by atoms with Crippen molar-refractivity contribution in [2.24, 2.45) is 10.9 Å². The van der Waals surface area contributed by atoms with Crippen LogP contribution in [-0.2, 0) is 11.2 Å². The van der Waals surface area contributed by atoms with Crippen molar-refractivity contribution in [3.05, 3.63) is 48.0 Å². The van der Waals surface area contributed by atoms with Gasteiger partial charge in [0.25, 0.3) is 0 Å². The van der Waals surface area contributed by atoms with E-state index in [1.807, 2.05) is 12.3 Å². The number of nitrogens with one attached hydrogen (secondary N) is 1. The summed E-state index contributed by atoms with van der Waals surface area (Å²) in [7, 11) is 3.85. The van der Waals surface area contributed by atoms with Crippen molar-refractivity contribution >= 4 is 29.9 Å². The summed E-state index contributed by atoms with van der Waals surface area (Å²) in [5, 5.41) is 7.93. The van der Waals surface area contributed by atoms with Gasteiger partial charge in [0.15, 0.2) is 5.96 Å². The highest BCUT2D eigenvalue weighted by molar-refractivity contribution is 14.0. The summed E-state index contributed by atoms with van der Waals surface area (Å²) in [6.45, 7) is 3.39. The number of rotatable bonds is 6. The Morgan fingerprint density at radius 2 is 2.15 bits per heavy atom. The summed E-state index contributed by atoms with van der Waals surface area (Å²) in [5.41, 5.74) is 1.82. The highest BCUT2D eigenvalue weighted by atomic mass is 127. The monoisotopic (exact) mass is 487 g/mol. The van der Waals surface area contributed by atoms with Crippen molar-refractivity contribution < 1.29 is 9.13 Å². The first-order valence-corrected chi connectivity index (χ1v) is 8.95. The Bertz CT molecular complexity index is 728. The van der Waals surface area contributed by atoms with Gasteiger partial charge in [0.2, 0.25) is 0 Å². The van der Waals surface area contributed by atoms with Crippen molar-refractivity contribution in [2.45, 2.75) is 12.8 Å². The van der Waals surface area contributed by atoms with Crippen LogP contribution in [0, 0.1) is 11.7 Å². The zero-order valence-corrected chi connectivity index (χ0v) is 18.1. The van der Waals surface area contributed by atoms with Gasteiger partial charge < -0.3 is 15.0 Å². The molecule has 1 aromatic carbocycles. The Kier molecular flexibility index (Phi) is 8.49. The third kappa shape index (κ3) is 6.17. The number of aliphatic imine (C=N–C) groups is 1. The van der Waals surface area contributed by atoms with Gasteiger partial charge >= 0.3 is 0 Å². The second kappa shape index (κ2) is 10.6. The Hall–Kier alpha value is -1.68. The van der Waals surface area contributed by atoms with E-state index in [0.29, 0.717) is 5.92 Å². The number of halogens is 2. The summed E-state index contributed by atoms with van der Waals surface area (Å²) in [6, 6.07) is 8.29. The molecule has 0 bridgehead atoms. The fraction of sp³-hybridized carbons (Fsp3) is 0.474. The molecule has 27 heavy (non-hydrogen) atoms. The van der Waals surface area contributed by atoms with Gasteiger partial charge in [-0.05, 0) is 36.8 Å². The van der Waals surface area contributed by atoms with Gasteiger partial charge in [-0.3, -0.25) is 4.99 Å². The van der Waals surface area contributed by atoms with Crippen LogP contribution in [0.5, 0.6) is 0 Å². The molecule has 0 spiro atoms. The van der Waals surface area contributed by atoms with Gasteiger partial charge in [0.05, 0.1) is 18.0 Å². The zero-order chi connectivity index (χ0) is 18.4. The fourth-order valence-corrected chi connectivity index (χ4v) is 3.12. The quantitative estimate of drug-likeness (QED) is 0.387. The Labute approximate surface area is 176 Å². The van der Waals surface area contributed by atoms with E-state index in [1.165, 1.54) is 12.1 Å². The average Bonchev–Trinajstić information content (AvgIpc) is 3.31. The molecule has 0 amide bonds. The molecule has 148 valence electrons. The standard InChI is InChI=1S/C19H26FN5O.HI/c1-21-19(24(2)13-15-9-12-26-14-15)22-10-7-17-8-11-25(23-17)18-5-3-16(20)4-6-18;/h3-6,8,11,15H,7,9-10,12-14H2,1-2H3,(H,21,22);1H. The van der Waals surface area contributed by atoms with Crippen LogP contribution in [0.3, 0.4) is 0 Å².